The van der Waals surface area contributed by atoms with Gasteiger partial charge in [-0.1, -0.05) is 50.8 Å². The zero-order valence-electron chi connectivity index (χ0n) is 12.8. The molecule has 1 saturated carbocycles. The van der Waals surface area contributed by atoms with Crippen molar-refractivity contribution in [3.63, 3.8) is 0 Å². The number of benzene rings is 1. The van der Waals surface area contributed by atoms with Gasteiger partial charge in [0.1, 0.15) is 11.3 Å². The number of hydrogen-bond donors (Lipinski definition) is 1. The van der Waals surface area contributed by atoms with Crippen molar-refractivity contribution in [1.29, 1.82) is 5.26 Å². The molecule has 0 aromatic heterocycles. The summed E-state index contributed by atoms with van der Waals surface area (Å²) in [6, 6.07) is 11.0. The molecule has 0 spiro atoms. The fourth-order valence-corrected chi connectivity index (χ4v) is 3.69. The number of ether oxygens (including phenoxy) is 1. The second kappa shape index (κ2) is 6.07. The summed E-state index contributed by atoms with van der Waals surface area (Å²) in [7, 11) is 0. The van der Waals surface area contributed by atoms with Gasteiger partial charge in [-0.2, -0.15) is 5.26 Å². The van der Waals surface area contributed by atoms with Crippen LogP contribution in [-0.2, 0) is 5.54 Å². The van der Waals surface area contributed by atoms with E-state index >= 15 is 0 Å². The highest BCUT2D eigenvalue weighted by Gasteiger charge is 2.45. The molecule has 21 heavy (non-hydrogen) atoms. The quantitative estimate of drug-likeness (QED) is 0.841. The minimum absolute atomic E-state index is 0.153. The van der Waals surface area contributed by atoms with Gasteiger partial charge in [0.05, 0.1) is 12.7 Å². The smallest absolute Gasteiger partial charge is 0.141 e. The van der Waals surface area contributed by atoms with Crippen LogP contribution in [0, 0.1) is 17.2 Å². The van der Waals surface area contributed by atoms with Gasteiger partial charge in [0.15, 0.2) is 0 Å². The van der Waals surface area contributed by atoms with Crippen LogP contribution in [0.4, 0.5) is 0 Å². The van der Waals surface area contributed by atoms with Gasteiger partial charge in [0.25, 0.3) is 0 Å². The predicted octanol–water partition coefficient (Wildman–Crippen LogP) is 3.75. The largest absolute Gasteiger partial charge is 0.493 e. The Balaban J connectivity index is 1.93. The Bertz CT molecular complexity index is 528. The lowest BCUT2D eigenvalue weighted by Crippen LogP contribution is -2.54. The van der Waals surface area contributed by atoms with E-state index in [4.69, 9.17) is 4.74 Å². The zero-order valence-corrected chi connectivity index (χ0v) is 12.8. The van der Waals surface area contributed by atoms with E-state index in [1.807, 2.05) is 24.3 Å². The van der Waals surface area contributed by atoms with Crippen LogP contribution in [0.2, 0.25) is 0 Å². The molecule has 1 aromatic rings. The van der Waals surface area contributed by atoms with E-state index in [1.54, 1.807) is 0 Å². The summed E-state index contributed by atoms with van der Waals surface area (Å²) in [6.07, 6.45) is 7.55. The van der Waals surface area contributed by atoms with Crippen molar-refractivity contribution in [1.82, 2.24) is 5.32 Å². The van der Waals surface area contributed by atoms with Crippen LogP contribution in [0.5, 0.6) is 5.75 Å². The number of hydrogen-bond acceptors (Lipinski definition) is 3. The molecular weight excluding hydrogens is 260 g/mol. The van der Waals surface area contributed by atoms with E-state index in [-0.39, 0.29) is 5.92 Å². The highest BCUT2D eigenvalue weighted by atomic mass is 16.5. The van der Waals surface area contributed by atoms with Crippen molar-refractivity contribution >= 4 is 0 Å². The van der Waals surface area contributed by atoms with Crippen LogP contribution in [0.3, 0.4) is 0 Å². The van der Waals surface area contributed by atoms with E-state index in [1.165, 1.54) is 38.5 Å². The molecule has 0 radical (unpaired) electrons. The standard InChI is InChI=1S/C18H24N2O/c1-14-12-21-17-11-7-6-10-16(17)18(14,13-19)20-15-8-4-2-3-5-9-15/h6-7,10-11,14-15,20H,2-5,8-9,12H2,1H3. The number of nitrogens with zero attached hydrogens (tertiary/aromatic N) is 1. The number of rotatable bonds is 2. The summed E-state index contributed by atoms with van der Waals surface area (Å²) >= 11 is 0. The van der Waals surface area contributed by atoms with Gasteiger partial charge < -0.3 is 4.74 Å². The van der Waals surface area contributed by atoms with E-state index in [2.05, 4.69) is 18.3 Å². The Labute approximate surface area is 127 Å². The van der Waals surface area contributed by atoms with Gasteiger partial charge >= 0.3 is 0 Å². The molecular formula is C18H24N2O. The molecule has 1 fully saturated rings. The zero-order chi connectivity index (χ0) is 14.7. The lowest BCUT2D eigenvalue weighted by atomic mass is 9.77. The molecule has 1 aromatic carbocycles. The second-order valence-electron chi connectivity index (χ2n) is 6.46. The van der Waals surface area contributed by atoms with E-state index in [0.29, 0.717) is 12.6 Å². The molecule has 1 N–H and O–H groups in total. The maximum atomic E-state index is 9.99. The third-order valence-electron chi connectivity index (χ3n) is 5.00. The fourth-order valence-electron chi connectivity index (χ4n) is 3.69. The molecule has 112 valence electrons. The normalized spacial score (nSPS) is 29.8. The molecule has 0 amide bonds. The molecule has 3 rings (SSSR count). The highest BCUT2D eigenvalue weighted by molar-refractivity contribution is 5.45. The molecule has 0 saturated heterocycles. The van der Waals surface area contributed by atoms with Gasteiger partial charge in [-0.25, -0.2) is 0 Å². The topological polar surface area (TPSA) is 45.0 Å². The van der Waals surface area contributed by atoms with Crippen molar-refractivity contribution in [2.45, 2.75) is 57.0 Å². The molecule has 1 heterocycles. The van der Waals surface area contributed by atoms with Crippen molar-refractivity contribution in [3.05, 3.63) is 29.8 Å². The van der Waals surface area contributed by atoms with Crippen LogP contribution in [0.1, 0.15) is 51.0 Å². The van der Waals surface area contributed by atoms with Crippen molar-refractivity contribution < 1.29 is 4.74 Å². The Hall–Kier alpha value is -1.53. The summed E-state index contributed by atoms with van der Waals surface area (Å²) in [4.78, 5) is 0. The first-order valence-corrected chi connectivity index (χ1v) is 8.17. The second-order valence-corrected chi connectivity index (χ2v) is 6.46. The number of nitriles is 1. The maximum absolute atomic E-state index is 9.99. The SMILES string of the molecule is CC1COc2ccccc2C1(C#N)NC1CCCCCC1. The first-order valence-electron chi connectivity index (χ1n) is 8.17. The summed E-state index contributed by atoms with van der Waals surface area (Å²) < 4.78 is 5.82. The van der Waals surface area contributed by atoms with Crippen LogP contribution < -0.4 is 10.1 Å². The highest BCUT2D eigenvalue weighted by Crippen LogP contribution is 2.40. The van der Waals surface area contributed by atoms with Gasteiger partial charge in [0.2, 0.25) is 0 Å². The van der Waals surface area contributed by atoms with Crippen LogP contribution in [0.15, 0.2) is 24.3 Å². The minimum Gasteiger partial charge on any atom is -0.493 e. The number of fused-ring (bicyclic) bond motifs is 1. The Morgan fingerprint density at radius 3 is 2.62 bits per heavy atom. The number of nitrogens with one attached hydrogen (secondary N) is 1. The lowest BCUT2D eigenvalue weighted by Gasteiger charge is -2.41. The first-order chi connectivity index (χ1) is 10.3. The van der Waals surface area contributed by atoms with Crippen LogP contribution >= 0.6 is 0 Å². The van der Waals surface area contributed by atoms with Crippen molar-refractivity contribution in [2.24, 2.45) is 5.92 Å². The number of para-hydroxylation sites is 1. The summed E-state index contributed by atoms with van der Waals surface area (Å²) in [5, 5.41) is 13.7. The van der Waals surface area contributed by atoms with Crippen LogP contribution in [-0.4, -0.2) is 12.6 Å². The minimum atomic E-state index is -0.607. The molecule has 3 heteroatoms. The van der Waals surface area contributed by atoms with Gasteiger partial charge in [-0.3, -0.25) is 5.32 Å². The summed E-state index contributed by atoms with van der Waals surface area (Å²) in [6.45, 7) is 2.72. The van der Waals surface area contributed by atoms with Crippen molar-refractivity contribution in [2.75, 3.05) is 6.61 Å². The average molecular weight is 284 g/mol. The first kappa shape index (κ1) is 14.4. The molecule has 3 nitrogen and oxygen atoms in total. The van der Waals surface area contributed by atoms with E-state index in [0.717, 1.165) is 11.3 Å². The maximum Gasteiger partial charge on any atom is 0.141 e. The molecule has 0 bridgehead atoms. The third-order valence-corrected chi connectivity index (χ3v) is 5.00. The van der Waals surface area contributed by atoms with Gasteiger partial charge in [0, 0.05) is 17.5 Å². The molecule has 1 aliphatic heterocycles. The molecule has 2 atom stereocenters. The monoisotopic (exact) mass is 284 g/mol. The van der Waals surface area contributed by atoms with Gasteiger partial charge in [-0.15, -0.1) is 0 Å². The Kier molecular flexibility index (Phi) is 4.17. The predicted molar refractivity (Wildman–Crippen MR) is 83.0 cm³/mol. The Morgan fingerprint density at radius 2 is 1.90 bits per heavy atom. The summed E-state index contributed by atoms with van der Waals surface area (Å²) in [5.41, 5.74) is 0.402. The van der Waals surface area contributed by atoms with E-state index in [9.17, 15) is 5.26 Å². The summed E-state index contributed by atoms with van der Waals surface area (Å²) in [5.74, 6) is 1.01. The lowest BCUT2D eigenvalue weighted by molar-refractivity contribution is 0.137. The molecule has 1 aliphatic carbocycles. The van der Waals surface area contributed by atoms with Crippen LogP contribution in [0.25, 0.3) is 0 Å². The van der Waals surface area contributed by atoms with Gasteiger partial charge in [-0.05, 0) is 18.9 Å². The average Bonchev–Trinajstić information content (AvgIpc) is 2.79. The molecule has 2 aliphatic rings. The third kappa shape index (κ3) is 2.65. The van der Waals surface area contributed by atoms with E-state index < -0.39 is 5.54 Å². The Morgan fingerprint density at radius 1 is 1.19 bits per heavy atom. The molecule has 2 unspecified atom stereocenters. The fraction of sp³-hybridized carbons (Fsp3) is 0.611. The van der Waals surface area contributed by atoms with Crippen molar-refractivity contribution in [3.8, 4) is 11.8 Å².